The molecule has 2 fully saturated rings. The molecule has 5 atom stereocenters. The van der Waals surface area contributed by atoms with Gasteiger partial charge in [0.1, 0.15) is 0 Å². The van der Waals surface area contributed by atoms with E-state index in [2.05, 4.69) is 20.8 Å². The molecule has 0 aromatic rings. The molecule has 0 amide bonds. The minimum absolute atomic E-state index is 0.0928. The molecule has 3 aliphatic rings. The zero-order valence-electron chi connectivity index (χ0n) is 11.0. The Hall–Kier alpha value is -0.630. The fourth-order valence-corrected chi connectivity index (χ4v) is 4.65. The Labute approximate surface area is 103 Å². The molecule has 1 N–H and O–H groups in total. The van der Waals surface area contributed by atoms with Crippen molar-refractivity contribution >= 4 is 5.78 Å². The number of aliphatic hydroxyl groups is 1. The summed E-state index contributed by atoms with van der Waals surface area (Å²) in [7, 11) is 0. The van der Waals surface area contributed by atoms with Gasteiger partial charge >= 0.3 is 0 Å². The number of carbonyl (C=O) groups excluding carboxylic acids is 1. The van der Waals surface area contributed by atoms with Gasteiger partial charge in [0, 0.05) is 13.0 Å². The fourth-order valence-electron chi connectivity index (χ4n) is 4.65. The SMILES string of the molecule is CC1=C2C(=O)C[C@@H](C)[C@H]2[C@H]2[C@@H](CC1)[C@]2(C)CO. The Kier molecular flexibility index (Phi) is 2.32. The fraction of sp³-hybridized carbons (Fsp3) is 0.800. The summed E-state index contributed by atoms with van der Waals surface area (Å²) < 4.78 is 0. The second kappa shape index (κ2) is 3.44. The van der Waals surface area contributed by atoms with Crippen molar-refractivity contribution in [2.75, 3.05) is 6.61 Å². The monoisotopic (exact) mass is 234 g/mol. The summed E-state index contributed by atoms with van der Waals surface area (Å²) in [6.07, 6.45) is 2.94. The Morgan fingerprint density at radius 1 is 1.47 bits per heavy atom. The number of aliphatic hydroxyl groups excluding tert-OH is 1. The van der Waals surface area contributed by atoms with E-state index in [-0.39, 0.29) is 12.0 Å². The minimum Gasteiger partial charge on any atom is -0.396 e. The Balaban J connectivity index is 2.03. The highest BCUT2D eigenvalue weighted by molar-refractivity contribution is 5.99. The summed E-state index contributed by atoms with van der Waals surface area (Å²) in [5, 5.41) is 9.62. The van der Waals surface area contributed by atoms with E-state index in [4.69, 9.17) is 0 Å². The number of allylic oxidation sites excluding steroid dienone is 2. The van der Waals surface area contributed by atoms with Gasteiger partial charge in [-0.2, -0.15) is 0 Å². The average molecular weight is 234 g/mol. The molecule has 0 saturated heterocycles. The molecule has 0 aromatic heterocycles. The predicted octanol–water partition coefficient (Wildman–Crippen LogP) is 2.57. The smallest absolute Gasteiger partial charge is 0.159 e. The summed E-state index contributed by atoms with van der Waals surface area (Å²) in [5.74, 6) is 2.49. The lowest BCUT2D eigenvalue weighted by Gasteiger charge is -2.20. The lowest BCUT2D eigenvalue weighted by atomic mass is 9.84. The third kappa shape index (κ3) is 1.33. The molecule has 2 saturated carbocycles. The predicted molar refractivity (Wildman–Crippen MR) is 66.4 cm³/mol. The molecule has 17 heavy (non-hydrogen) atoms. The molecule has 0 unspecified atom stereocenters. The molecule has 0 aromatic carbocycles. The van der Waals surface area contributed by atoms with E-state index in [1.807, 2.05) is 0 Å². The van der Waals surface area contributed by atoms with Crippen molar-refractivity contribution in [3.63, 3.8) is 0 Å². The van der Waals surface area contributed by atoms with Gasteiger partial charge in [0.05, 0.1) is 0 Å². The van der Waals surface area contributed by atoms with Gasteiger partial charge < -0.3 is 5.11 Å². The maximum atomic E-state index is 12.1. The zero-order chi connectivity index (χ0) is 12.4. The van der Waals surface area contributed by atoms with Crippen molar-refractivity contribution < 1.29 is 9.90 Å². The molecule has 2 heteroatoms. The number of hydrogen-bond acceptors (Lipinski definition) is 2. The van der Waals surface area contributed by atoms with E-state index < -0.39 is 0 Å². The summed E-state index contributed by atoms with van der Waals surface area (Å²) in [5.41, 5.74) is 2.56. The Morgan fingerprint density at radius 2 is 2.18 bits per heavy atom. The summed E-state index contributed by atoms with van der Waals surface area (Å²) in [6.45, 7) is 6.84. The van der Waals surface area contributed by atoms with E-state index in [0.29, 0.717) is 29.5 Å². The molecule has 0 bridgehead atoms. The van der Waals surface area contributed by atoms with Crippen LogP contribution in [0.3, 0.4) is 0 Å². The summed E-state index contributed by atoms with van der Waals surface area (Å²) >= 11 is 0. The first-order valence-corrected chi connectivity index (χ1v) is 6.84. The quantitative estimate of drug-likeness (QED) is 0.757. The average Bonchev–Trinajstić information content (AvgIpc) is 2.81. The molecule has 3 aliphatic carbocycles. The van der Waals surface area contributed by atoms with Crippen LogP contribution in [0, 0.1) is 29.1 Å². The van der Waals surface area contributed by atoms with Crippen LogP contribution >= 0.6 is 0 Å². The van der Waals surface area contributed by atoms with Gasteiger partial charge in [-0.3, -0.25) is 4.79 Å². The second-order valence-corrected chi connectivity index (χ2v) is 6.66. The van der Waals surface area contributed by atoms with Crippen molar-refractivity contribution in [3.05, 3.63) is 11.1 Å². The van der Waals surface area contributed by atoms with Crippen LogP contribution in [0.5, 0.6) is 0 Å². The van der Waals surface area contributed by atoms with Gasteiger partial charge in [0.2, 0.25) is 0 Å². The molecule has 2 nitrogen and oxygen atoms in total. The van der Waals surface area contributed by atoms with Crippen molar-refractivity contribution in [1.82, 2.24) is 0 Å². The molecule has 3 rings (SSSR count). The number of rotatable bonds is 1. The number of Topliss-reactive ketones (excluding diaryl/α,β-unsaturated/α-hetero) is 1. The van der Waals surface area contributed by atoms with Gasteiger partial charge in [0.15, 0.2) is 5.78 Å². The highest BCUT2D eigenvalue weighted by Crippen LogP contribution is 2.69. The van der Waals surface area contributed by atoms with E-state index in [1.165, 1.54) is 5.57 Å². The Bertz CT molecular complexity index is 409. The van der Waals surface area contributed by atoms with Crippen molar-refractivity contribution in [1.29, 1.82) is 0 Å². The normalized spacial score (nSPS) is 48.8. The number of fused-ring (bicyclic) bond motifs is 3. The van der Waals surface area contributed by atoms with Gasteiger partial charge in [-0.15, -0.1) is 0 Å². The number of ketones is 1. The highest BCUT2D eigenvalue weighted by Gasteiger charge is 2.66. The standard InChI is InChI=1S/C15H22O2/c1-8-4-5-10-14(15(10,3)7-16)13-9(2)6-11(17)12(8)13/h9-10,13-14,16H,4-7H2,1-3H3/t9-,10-,13-,14-,15+/m1/s1. The van der Waals surface area contributed by atoms with Gasteiger partial charge in [0.25, 0.3) is 0 Å². The molecule has 94 valence electrons. The second-order valence-electron chi connectivity index (χ2n) is 6.66. The van der Waals surface area contributed by atoms with E-state index >= 15 is 0 Å². The lowest BCUT2D eigenvalue weighted by Crippen LogP contribution is -2.17. The first-order chi connectivity index (χ1) is 8.00. The molecule has 0 aliphatic heterocycles. The maximum Gasteiger partial charge on any atom is 0.159 e. The van der Waals surface area contributed by atoms with Crippen molar-refractivity contribution in [2.24, 2.45) is 29.1 Å². The molecular weight excluding hydrogens is 212 g/mol. The van der Waals surface area contributed by atoms with Crippen LogP contribution in [0.2, 0.25) is 0 Å². The number of hydrogen-bond donors (Lipinski definition) is 1. The van der Waals surface area contributed by atoms with Crippen LogP contribution in [-0.4, -0.2) is 17.5 Å². The summed E-state index contributed by atoms with van der Waals surface area (Å²) in [6, 6.07) is 0. The highest BCUT2D eigenvalue weighted by atomic mass is 16.3. The molecule has 0 heterocycles. The van der Waals surface area contributed by atoms with Gasteiger partial charge in [-0.25, -0.2) is 0 Å². The maximum absolute atomic E-state index is 12.1. The third-order valence-corrected chi connectivity index (χ3v) is 5.70. The molecule has 0 radical (unpaired) electrons. The van der Waals surface area contributed by atoms with Crippen LogP contribution in [0.15, 0.2) is 11.1 Å². The number of carbonyl (C=O) groups is 1. The first-order valence-electron chi connectivity index (χ1n) is 6.84. The zero-order valence-corrected chi connectivity index (χ0v) is 11.0. The lowest BCUT2D eigenvalue weighted by molar-refractivity contribution is -0.114. The van der Waals surface area contributed by atoms with E-state index in [0.717, 1.165) is 24.8 Å². The van der Waals surface area contributed by atoms with Crippen LogP contribution in [0.1, 0.15) is 40.0 Å². The minimum atomic E-state index is 0.0928. The molecule has 0 spiro atoms. The summed E-state index contributed by atoms with van der Waals surface area (Å²) in [4.78, 5) is 12.1. The Morgan fingerprint density at radius 3 is 2.82 bits per heavy atom. The van der Waals surface area contributed by atoms with Crippen LogP contribution in [-0.2, 0) is 4.79 Å². The van der Waals surface area contributed by atoms with Crippen molar-refractivity contribution in [3.8, 4) is 0 Å². The van der Waals surface area contributed by atoms with E-state index in [9.17, 15) is 9.90 Å². The van der Waals surface area contributed by atoms with Gasteiger partial charge in [-0.05, 0) is 54.4 Å². The first kappa shape index (κ1) is 11.5. The largest absolute Gasteiger partial charge is 0.396 e. The van der Waals surface area contributed by atoms with Crippen LogP contribution in [0.4, 0.5) is 0 Å². The topological polar surface area (TPSA) is 37.3 Å². The van der Waals surface area contributed by atoms with Gasteiger partial charge in [-0.1, -0.05) is 19.4 Å². The van der Waals surface area contributed by atoms with Crippen LogP contribution < -0.4 is 0 Å². The van der Waals surface area contributed by atoms with Crippen molar-refractivity contribution in [2.45, 2.75) is 40.0 Å². The molecular formula is C15H22O2. The third-order valence-electron chi connectivity index (χ3n) is 5.70. The van der Waals surface area contributed by atoms with Crippen LogP contribution in [0.25, 0.3) is 0 Å². The van der Waals surface area contributed by atoms with E-state index in [1.54, 1.807) is 0 Å².